The zero-order chi connectivity index (χ0) is 5.11. The molecule has 1 aliphatic heterocycles. The van der Waals surface area contributed by atoms with E-state index in [2.05, 4.69) is 10.1 Å². The van der Waals surface area contributed by atoms with Gasteiger partial charge in [-0.15, -0.1) is 0 Å². The van der Waals surface area contributed by atoms with Crippen molar-refractivity contribution in [3.8, 4) is 6.07 Å². The molecule has 0 aromatic carbocycles. The summed E-state index contributed by atoms with van der Waals surface area (Å²) in [5, 5.41) is 11.7. The van der Waals surface area contributed by atoms with Gasteiger partial charge in [-0.3, -0.25) is 0 Å². The third-order valence-corrected chi connectivity index (χ3v) is 0.619. The Balaban J connectivity index is 2.57. The van der Waals surface area contributed by atoms with Gasteiger partial charge in [0, 0.05) is 0 Å². The molecule has 0 saturated heterocycles. The topological polar surface area (TPSA) is 47.1 Å². The number of hydrogen-bond donors (Lipinski definition) is 0. The van der Waals surface area contributed by atoms with Gasteiger partial charge in [-0.25, -0.2) is 5.32 Å². The smallest absolute Gasteiger partial charge is 0.180 e. The molecule has 1 aliphatic rings. The van der Waals surface area contributed by atoms with Crippen molar-refractivity contribution in [3.05, 3.63) is 12.0 Å². The maximum Gasteiger partial charge on any atom is 0.180 e. The fraction of sp³-hybridized carbons (Fsp3) is 0.250. The van der Waals surface area contributed by atoms with E-state index < -0.39 is 0 Å². The Morgan fingerprint density at radius 2 is 2.86 bits per heavy atom. The van der Waals surface area contributed by atoms with Gasteiger partial charge in [0.1, 0.15) is 12.3 Å². The molecule has 3 nitrogen and oxygen atoms in total. The minimum Gasteiger partial charge on any atom is -0.476 e. The quantitative estimate of drug-likeness (QED) is 0.423. The van der Waals surface area contributed by atoms with E-state index in [0.29, 0.717) is 12.4 Å². The van der Waals surface area contributed by atoms with Crippen molar-refractivity contribution in [2.24, 2.45) is 0 Å². The maximum absolute atomic E-state index is 8.07. The molecule has 3 heteroatoms. The minimum atomic E-state index is 0.308. The Labute approximate surface area is 41.2 Å². The van der Waals surface area contributed by atoms with Crippen molar-refractivity contribution in [2.45, 2.75) is 0 Å². The lowest BCUT2D eigenvalue weighted by molar-refractivity contribution is 0.265. The van der Waals surface area contributed by atoms with Crippen LogP contribution in [-0.2, 0) is 4.74 Å². The highest BCUT2D eigenvalue weighted by Crippen LogP contribution is 1.95. The molecule has 0 aliphatic carbocycles. The molecule has 1 radical (unpaired) electrons. The molecule has 1 rings (SSSR count). The lowest BCUT2D eigenvalue weighted by Crippen LogP contribution is -1.95. The Morgan fingerprint density at radius 1 is 2.00 bits per heavy atom. The Hall–Kier alpha value is -1.17. The molecule has 0 spiro atoms. The zero-order valence-electron chi connectivity index (χ0n) is 3.59. The van der Waals surface area contributed by atoms with Crippen LogP contribution in [0.2, 0.25) is 0 Å². The monoisotopic (exact) mass is 95.0 g/mol. The summed E-state index contributed by atoms with van der Waals surface area (Å²) >= 11 is 0. The molecule has 0 amide bonds. The van der Waals surface area contributed by atoms with E-state index in [9.17, 15) is 0 Å². The van der Waals surface area contributed by atoms with E-state index in [4.69, 9.17) is 5.26 Å². The van der Waals surface area contributed by atoms with Crippen molar-refractivity contribution in [1.82, 2.24) is 5.32 Å². The summed E-state index contributed by atoms with van der Waals surface area (Å²) in [4.78, 5) is 0. The van der Waals surface area contributed by atoms with Crippen LogP contribution in [0.4, 0.5) is 0 Å². The molecule has 0 fully saturated rings. The first kappa shape index (κ1) is 4.00. The standard InChI is InChI=1S/C4H3N2O/c5-1-4-2-7-3-6-4/h2H,3H2. The third kappa shape index (κ3) is 0.631. The number of nitrogens with zero attached hydrogens (tertiary/aromatic N) is 2. The number of rotatable bonds is 0. The van der Waals surface area contributed by atoms with Crippen LogP contribution < -0.4 is 5.32 Å². The van der Waals surface area contributed by atoms with Crippen LogP contribution in [0.3, 0.4) is 0 Å². The molecular weight excluding hydrogens is 92.1 g/mol. The predicted molar refractivity (Wildman–Crippen MR) is 21.8 cm³/mol. The van der Waals surface area contributed by atoms with Gasteiger partial charge < -0.3 is 4.74 Å². The SMILES string of the molecule is N#CC1=COC[N]1. The van der Waals surface area contributed by atoms with Crippen LogP contribution in [-0.4, -0.2) is 6.73 Å². The van der Waals surface area contributed by atoms with Crippen molar-refractivity contribution in [2.75, 3.05) is 6.73 Å². The summed E-state index contributed by atoms with van der Waals surface area (Å²) in [6, 6.07) is 1.83. The van der Waals surface area contributed by atoms with Gasteiger partial charge in [-0.1, -0.05) is 0 Å². The third-order valence-electron chi connectivity index (χ3n) is 0.619. The highest BCUT2D eigenvalue weighted by Gasteiger charge is 2.01. The largest absolute Gasteiger partial charge is 0.476 e. The molecule has 0 unspecified atom stereocenters. The van der Waals surface area contributed by atoms with E-state index in [-0.39, 0.29) is 0 Å². The number of allylic oxidation sites excluding steroid dienone is 1. The van der Waals surface area contributed by atoms with Crippen LogP contribution in [0.1, 0.15) is 0 Å². The fourth-order valence-corrected chi connectivity index (χ4v) is 0.322. The van der Waals surface area contributed by atoms with Crippen molar-refractivity contribution in [1.29, 1.82) is 5.26 Å². The first-order chi connectivity index (χ1) is 3.43. The molecule has 0 bridgehead atoms. The molecule has 0 saturated carbocycles. The van der Waals surface area contributed by atoms with E-state index >= 15 is 0 Å². The molecule has 0 N–H and O–H groups in total. The van der Waals surface area contributed by atoms with Gasteiger partial charge >= 0.3 is 0 Å². The van der Waals surface area contributed by atoms with Crippen LogP contribution in [0, 0.1) is 11.3 Å². The number of ether oxygens (including phenoxy) is 1. The van der Waals surface area contributed by atoms with Gasteiger partial charge in [-0.2, -0.15) is 5.26 Å². The molecule has 7 heavy (non-hydrogen) atoms. The lowest BCUT2D eigenvalue weighted by atomic mass is 10.6. The zero-order valence-corrected chi connectivity index (χ0v) is 3.59. The molecule has 35 valence electrons. The van der Waals surface area contributed by atoms with E-state index in [1.165, 1.54) is 6.26 Å². The second kappa shape index (κ2) is 1.52. The van der Waals surface area contributed by atoms with Crippen molar-refractivity contribution in [3.63, 3.8) is 0 Å². The van der Waals surface area contributed by atoms with Crippen LogP contribution in [0.5, 0.6) is 0 Å². The van der Waals surface area contributed by atoms with Crippen LogP contribution >= 0.6 is 0 Å². The summed E-state index contributed by atoms with van der Waals surface area (Å²) in [5.41, 5.74) is 0.375. The second-order valence-electron chi connectivity index (χ2n) is 1.07. The minimum absolute atomic E-state index is 0.308. The Morgan fingerprint density at radius 3 is 3.14 bits per heavy atom. The van der Waals surface area contributed by atoms with Gasteiger partial charge in [0.25, 0.3) is 0 Å². The fourth-order valence-electron chi connectivity index (χ4n) is 0.322. The van der Waals surface area contributed by atoms with Crippen LogP contribution in [0.25, 0.3) is 0 Å². The average molecular weight is 95.1 g/mol. The highest BCUT2D eigenvalue weighted by molar-refractivity contribution is 5.17. The Kier molecular flexibility index (Phi) is 0.868. The van der Waals surface area contributed by atoms with Gasteiger partial charge in [0.2, 0.25) is 0 Å². The molecule has 1 heterocycles. The number of nitriles is 1. The first-order valence-electron chi connectivity index (χ1n) is 1.83. The summed E-state index contributed by atoms with van der Waals surface area (Å²) in [6.45, 7) is 0.308. The first-order valence-corrected chi connectivity index (χ1v) is 1.83. The molecule has 0 aromatic rings. The highest BCUT2D eigenvalue weighted by atomic mass is 16.5. The second-order valence-corrected chi connectivity index (χ2v) is 1.07. The van der Waals surface area contributed by atoms with Gasteiger partial charge in [0.15, 0.2) is 12.4 Å². The van der Waals surface area contributed by atoms with E-state index in [1.54, 1.807) is 0 Å². The van der Waals surface area contributed by atoms with Crippen molar-refractivity contribution < 1.29 is 4.74 Å². The Bertz CT molecular complexity index is 133. The molecule has 0 atom stereocenters. The van der Waals surface area contributed by atoms with Gasteiger partial charge in [-0.05, 0) is 0 Å². The van der Waals surface area contributed by atoms with E-state index in [0.717, 1.165) is 0 Å². The normalized spacial score (nSPS) is 16.1. The maximum atomic E-state index is 8.07. The molecule has 0 aromatic heterocycles. The summed E-state index contributed by atoms with van der Waals surface area (Å²) in [7, 11) is 0. The van der Waals surface area contributed by atoms with Crippen molar-refractivity contribution >= 4 is 0 Å². The average Bonchev–Trinajstić information content (AvgIpc) is 2.14. The summed E-state index contributed by atoms with van der Waals surface area (Å²) < 4.78 is 4.60. The van der Waals surface area contributed by atoms with E-state index in [1.807, 2.05) is 6.07 Å². The van der Waals surface area contributed by atoms with Gasteiger partial charge in [0.05, 0.1) is 0 Å². The molecular formula is C4H3N2O. The summed E-state index contributed by atoms with van der Waals surface area (Å²) in [5.74, 6) is 0. The predicted octanol–water partition coefficient (Wildman–Crippen LogP) is -0.0565. The summed E-state index contributed by atoms with van der Waals surface area (Å²) in [6.07, 6.45) is 1.35. The lowest BCUT2D eigenvalue weighted by Gasteiger charge is -1.80. The van der Waals surface area contributed by atoms with Crippen LogP contribution in [0.15, 0.2) is 12.0 Å². The number of hydrogen-bond acceptors (Lipinski definition) is 2.